The number of anilines is 2. The van der Waals surface area contributed by atoms with Crippen molar-refractivity contribution >= 4 is 23.4 Å². The largest absolute Gasteiger partial charge is 0.464 e. The van der Waals surface area contributed by atoms with Gasteiger partial charge in [-0.15, -0.1) is 0 Å². The molecule has 1 amide bonds. The third kappa shape index (κ3) is 8.81. The van der Waals surface area contributed by atoms with Gasteiger partial charge in [0.15, 0.2) is 0 Å². The number of nitrogens with zero attached hydrogens (tertiary/aromatic N) is 3. The van der Waals surface area contributed by atoms with Crippen molar-refractivity contribution in [2.24, 2.45) is 11.3 Å². The van der Waals surface area contributed by atoms with Gasteiger partial charge in [0.25, 0.3) is 5.91 Å². The summed E-state index contributed by atoms with van der Waals surface area (Å²) in [6, 6.07) is 9.90. The summed E-state index contributed by atoms with van der Waals surface area (Å²) in [5.74, 6) is 1.10. The first-order chi connectivity index (χ1) is 17.8. The first kappa shape index (κ1) is 27.0. The molecular formula is C29H41N5O3. The van der Waals surface area contributed by atoms with Gasteiger partial charge in [-0.25, -0.2) is 9.97 Å². The van der Waals surface area contributed by atoms with Crippen molar-refractivity contribution in [3.05, 3.63) is 47.9 Å². The fourth-order valence-corrected chi connectivity index (χ4v) is 4.59. The normalized spacial score (nSPS) is 16.3. The van der Waals surface area contributed by atoms with Gasteiger partial charge in [0.2, 0.25) is 0 Å². The number of rotatable bonds is 11. The van der Waals surface area contributed by atoms with E-state index < -0.39 is 0 Å². The van der Waals surface area contributed by atoms with E-state index in [0.29, 0.717) is 30.6 Å². The number of ether oxygens (including phenoxy) is 1. The monoisotopic (exact) mass is 507 g/mol. The van der Waals surface area contributed by atoms with Crippen LogP contribution < -0.4 is 15.5 Å². The van der Waals surface area contributed by atoms with Crippen LogP contribution in [0.15, 0.2) is 36.7 Å². The average Bonchev–Trinajstić information content (AvgIpc) is 3.72. The Morgan fingerprint density at radius 2 is 1.76 bits per heavy atom. The second-order valence-electron chi connectivity index (χ2n) is 11.6. The number of esters is 1. The molecule has 200 valence electrons. The number of hydrogen-bond acceptors (Lipinski definition) is 7. The molecule has 1 aromatic carbocycles. The molecule has 0 aliphatic heterocycles. The molecule has 0 atom stereocenters. The second kappa shape index (κ2) is 12.5. The Kier molecular flexibility index (Phi) is 9.14. The summed E-state index contributed by atoms with van der Waals surface area (Å²) in [5.41, 5.74) is 2.03. The molecule has 2 aromatic rings. The fraction of sp³-hybridized carbons (Fsp3) is 0.586. The zero-order valence-electron chi connectivity index (χ0n) is 22.5. The third-order valence-corrected chi connectivity index (χ3v) is 6.82. The number of hydrogen-bond donors (Lipinski definition) is 2. The summed E-state index contributed by atoms with van der Waals surface area (Å²) in [6.45, 7) is 8.19. The van der Waals surface area contributed by atoms with E-state index in [2.05, 4.69) is 25.5 Å². The summed E-state index contributed by atoms with van der Waals surface area (Å²) in [7, 11) is 0. The number of nitrogens with one attached hydrogen (secondary N) is 2. The van der Waals surface area contributed by atoms with Crippen LogP contribution in [0.4, 0.5) is 11.5 Å². The van der Waals surface area contributed by atoms with E-state index in [4.69, 9.17) is 4.74 Å². The Morgan fingerprint density at radius 1 is 1.03 bits per heavy atom. The fourth-order valence-electron chi connectivity index (χ4n) is 4.59. The molecule has 0 unspecified atom stereocenters. The third-order valence-electron chi connectivity index (χ3n) is 6.82. The molecule has 1 aromatic heterocycles. The van der Waals surface area contributed by atoms with Crippen LogP contribution >= 0.6 is 0 Å². The minimum absolute atomic E-state index is 0.0470. The number of benzene rings is 1. The van der Waals surface area contributed by atoms with Gasteiger partial charge in [0.05, 0.1) is 13.2 Å². The topological polar surface area (TPSA) is 96.5 Å². The lowest BCUT2D eigenvalue weighted by molar-refractivity contribution is -0.145. The quantitative estimate of drug-likeness (QED) is 0.415. The molecule has 2 N–H and O–H groups in total. The van der Waals surface area contributed by atoms with Crippen LogP contribution in [0, 0.1) is 11.3 Å². The smallest absolute Gasteiger partial charge is 0.319 e. The molecule has 2 aliphatic carbocycles. The Balaban J connectivity index is 1.30. The van der Waals surface area contributed by atoms with Crippen LogP contribution in [0.25, 0.3) is 0 Å². The number of carbonyl (C=O) groups excluding carboxylic acids is 2. The molecule has 8 heteroatoms. The Bertz CT molecular complexity index is 1040. The first-order valence-electron chi connectivity index (χ1n) is 13.6. The van der Waals surface area contributed by atoms with Crippen LogP contribution in [0.2, 0.25) is 0 Å². The summed E-state index contributed by atoms with van der Waals surface area (Å²) < 4.78 is 5.27. The van der Waals surface area contributed by atoms with Crippen molar-refractivity contribution in [3.8, 4) is 0 Å². The summed E-state index contributed by atoms with van der Waals surface area (Å²) in [5, 5.41) is 6.05. The summed E-state index contributed by atoms with van der Waals surface area (Å²) in [4.78, 5) is 36.1. The molecule has 37 heavy (non-hydrogen) atoms. The number of carbonyl (C=O) groups is 2. The lowest BCUT2D eigenvalue weighted by atomic mass is 9.94. The zero-order valence-corrected chi connectivity index (χ0v) is 22.5. The molecule has 0 saturated heterocycles. The average molecular weight is 508 g/mol. The minimum atomic E-state index is -0.262. The minimum Gasteiger partial charge on any atom is -0.464 e. The van der Waals surface area contributed by atoms with Crippen molar-refractivity contribution in [2.75, 3.05) is 29.9 Å². The molecule has 0 bridgehead atoms. The maximum atomic E-state index is 13.0. The van der Waals surface area contributed by atoms with Crippen molar-refractivity contribution in [3.63, 3.8) is 0 Å². The van der Waals surface area contributed by atoms with Gasteiger partial charge in [0, 0.05) is 30.9 Å². The van der Waals surface area contributed by atoms with Crippen LogP contribution in [0.3, 0.4) is 0 Å². The SMILES string of the molecule is CC(C)(C)COC(=O)CNCc1ccc(NC(=O)c2cc(N(CC3CC3)C3CCCCC3)ncn2)cc1. The first-order valence-corrected chi connectivity index (χ1v) is 13.6. The molecule has 8 nitrogen and oxygen atoms in total. The standard InChI is InChI=1S/C29H41N5O3/c1-29(2,3)19-37-27(35)17-30-16-21-11-13-23(14-12-21)33-28(36)25-15-26(32-20-31-25)34(18-22-9-10-22)24-7-5-4-6-8-24/h11-15,20,22,24,30H,4-10,16-19H2,1-3H3,(H,33,36). The Hall–Kier alpha value is -3.00. The maximum absolute atomic E-state index is 13.0. The maximum Gasteiger partial charge on any atom is 0.319 e. The van der Waals surface area contributed by atoms with E-state index in [0.717, 1.165) is 23.8 Å². The lowest BCUT2D eigenvalue weighted by Gasteiger charge is -2.35. The second-order valence-corrected chi connectivity index (χ2v) is 11.6. The molecule has 0 radical (unpaired) electrons. The van der Waals surface area contributed by atoms with Crippen LogP contribution in [-0.2, 0) is 16.1 Å². The number of amides is 1. The van der Waals surface area contributed by atoms with E-state index in [1.54, 1.807) is 0 Å². The molecule has 2 aliphatic rings. The zero-order chi connectivity index (χ0) is 26.3. The molecule has 2 fully saturated rings. The van der Waals surface area contributed by atoms with Gasteiger partial charge in [-0.1, -0.05) is 52.2 Å². The predicted octanol–water partition coefficient (Wildman–Crippen LogP) is 4.96. The van der Waals surface area contributed by atoms with E-state index in [9.17, 15) is 9.59 Å². The summed E-state index contributed by atoms with van der Waals surface area (Å²) in [6.07, 6.45) is 10.3. The van der Waals surface area contributed by atoms with Crippen molar-refractivity contribution in [1.82, 2.24) is 15.3 Å². The van der Waals surface area contributed by atoms with Crippen molar-refractivity contribution in [2.45, 2.75) is 78.3 Å². The molecule has 0 spiro atoms. The summed E-state index contributed by atoms with van der Waals surface area (Å²) >= 11 is 0. The molecule has 1 heterocycles. The predicted molar refractivity (Wildman–Crippen MR) is 145 cm³/mol. The van der Waals surface area contributed by atoms with Gasteiger partial charge in [-0.3, -0.25) is 9.59 Å². The Labute approximate surface area is 220 Å². The van der Waals surface area contributed by atoms with Gasteiger partial charge in [-0.05, 0) is 54.7 Å². The number of aromatic nitrogens is 2. The van der Waals surface area contributed by atoms with Crippen molar-refractivity contribution < 1.29 is 14.3 Å². The van der Waals surface area contributed by atoms with E-state index in [1.165, 1.54) is 51.3 Å². The highest BCUT2D eigenvalue weighted by Crippen LogP contribution is 2.34. The van der Waals surface area contributed by atoms with Crippen molar-refractivity contribution in [1.29, 1.82) is 0 Å². The lowest BCUT2D eigenvalue weighted by Crippen LogP contribution is -2.39. The van der Waals surface area contributed by atoms with Gasteiger partial charge >= 0.3 is 5.97 Å². The highest BCUT2D eigenvalue weighted by molar-refractivity contribution is 6.03. The van der Waals surface area contributed by atoms with Crippen LogP contribution in [0.1, 0.15) is 81.8 Å². The highest BCUT2D eigenvalue weighted by atomic mass is 16.5. The van der Waals surface area contributed by atoms with Crippen LogP contribution in [0.5, 0.6) is 0 Å². The highest BCUT2D eigenvalue weighted by Gasteiger charge is 2.30. The van der Waals surface area contributed by atoms with E-state index in [1.807, 2.05) is 51.1 Å². The molecular weight excluding hydrogens is 466 g/mol. The Morgan fingerprint density at radius 3 is 2.43 bits per heavy atom. The van der Waals surface area contributed by atoms with Gasteiger partial charge in [0.1, 0.15) is 17.8 Å². The van der Waals surface area contributed by atoms with E-state index in [-0.39, 0.29) is 23.8 Å². The van der Waals surface area contributed by atoms with E-state index >= 15 is 0 Å². The molecule has 4 rings (SSSR count). The molecule has 2 saturated carbocycles. The van der Waals surface area contributed by atoms with Crippen LogP contribution in [-0.4, -0.2) is 47.6 Å². The van der Waals surface area contributed by atoms with Gasteiger partial charge in [-0.2, -0.15) is 0 Å². The van der Waals surface area contributed by atoms with Gasteiger partial charge < -0.3 is 20.3 Å².